The minimum absolute atomic E-state index is 0.00618. The summed E-state index contributed by atoms with van der Waals surface area (Å²) < 4.78 is 7.26. The monoisotopic (exact) mass is 322 g/mol. The van der Waals surface area contributed by atoms with Gasteiger partial charge in [0.05, 0.1) is 6.61 Å². The van der Waals surface area contributed by atoms with Gasteiger partial charge in [-0.1, -0.05) is 42.5 Å². The third kappa shape index (κ3) is 3.49. The molecular weight excluding hydrogens is 300 g/mol. The number of hydrogen-bond acceptors (Lipinski definition) is 2. The van der Waals surface area contributed by atoms with Crippen LogP contribution in [-0.2, 0) is 29.2 Å². The first-order chi connectivity index (χ1) is 11.7. The van der Waals surface area contributed by atoms with E-state index in [0.717, 1.165) is 27.7 Å². The zero-order valence-electron chi connectivity index (χ0n) is 14.1. The summed E-state index contributed by atoms with van der Waals surface area (Å²) in [6.07, 6.45) is 0. The highest BCUT2D eigenvalue weighted by molar-refractivity contribution is 5.84. The number of nitrogens with one attached hydrogen (secondary N) is 1. The van der Waals surface area contributed by atoms with Crippen LogP contribution < -0.4 is 5.32 Å². The summed E-state index contributed by atoms with van der Waals surface area (Å²) in [5.74, 6) is 0.00618. The van der Waals surface area contributed by atoms with Crippen molar-refractivity contribution in [2.75, 3.05) is 7.11 Å². The number of carbonyl (C=O) groups excluding carboxylic acids is 1. The molecule has 1 amide bonds. The molecule has 0 aliphatic rings. The van der Waals surface area contributed by atoms with E-state index in [9.17, 15) is 4.79 Å². The summed E-state index contributed by atoms with van der Waals surface area (Å²) in [6, 6.07) is 18.2. The minimum atomic E-state index is 0.00618. The van der Waals surface area contributed by atoms with E-state index in [1.165, 1.54) is 0 Å². The zero-order valence-corrected chi connectivity index (χ0v) is 14.1. The Morgan fingerprint density at radius 2 is 1.79 bits per heavy atom. The number of carbonyl (C=O) groups is 1. The first kappa shape index (κ1) is 16.3. The molecule has 0 saturated heterocycles. The second-order valence-electron chi connectivity index (χ2n) is 5.91. The molecule has 0 saturated carbocycles. The molecule has 3 rings (SSSR count). The van der Waals surface area contributed by atoms with Crippen LogP contribution in [0.25, 0.3) is 10.9 Å². The van der Waals surface area contributed by atoms with Crippen LogP contribution in [0.5, 0.6) is 0 Å². The summed E-state index contributed by atoms with van der Waals surface area (Å²) in [5.41, 5.74) is 4.36. The molecular formula is C20H22N2O2. The zero-order chi connectivity index (χ0) is 16.9. The van der Waals surface area contributed by atoms with Gasteiger partial charge in [-0.15, -0.1) is 0 Å². The maximum Gasteiger partial charge on any atom is 0.240 e. The molecule has 0 atom stereocenters. The maximum absolute atomic E-state index is 12.4. The normalized spacial score (nSPS) is 10.9. The number of rotatable bonds is 6. The highest BCUT2D eigenvalue weighted by Gasteiger charge is 2.10. The van der Waals surface area contributed by atoms with Gasteiger partial charge < -0.3 is 14.6 Å². The number of hydrogen-bond donors (Lipinski definition) is 1. The highest BCUT2D eigenvalue weighted by Crippen LogP contribution is 2.19. The Labute approximate surface area is 142 Å². The largest absolute Gasteiger partial charge is 0.380 e. The molecule has 1 aromatic heterocycles. The van der Waals surface area contributed by atoms with Crippen LogP contribution in [0, 0.1) is 6.92 Å². The summed E-state index contributed by atoms with van der Waals surface area (Å²) >= 11 is 0. The second kappa shape index (κ2) is 7.32. The smallest absolute Gasteiger partial charge is 0.240 e. The number of benzene rings is 2. The van der Waals surface area contributed by atoms with Gasteiger partial charge in [0.15, 0.2) is 0 Å². The molecule has 4 nitrogen and oxygen atoms in total. The van der Waals surface area contributed by atoms with Crippen molar-refractivity contribution in [3.63, 3.8) is 0 Å². The Morgan fingerprint density at radius 1 is 1.08 bits per heavy atom. The van der Waals surface area contributed by atoms with E-state index in [2.05, 4.69) is 17.4 Å². The second-order valence-corrected chi connectivity index (χ2v) is 5.91. The summed E-state index contributed by atoms with van der Waals surface area (Å²) in [6.45, 7) is 3.41. The molecule has 0 aliphatic carbocycles. The molecule has 0 spiro atoms. The SMILES string of the molecule is COCc1ccccc1CNC(=O)Cn1c(C)cc2ccccc21. The molecule has 0 radical (unpaired) electrons. The van der Waals surface area contributed by atoms with Crippen molar-refractivity contribution in [3.8, 4) is 0 Å². The maximum atomic E-state index is 12.4. The van der Waals surface area contributed by atoms with Gasteiger partial charge >= 0.3 is 0 Å². The molecule has 124 valence electrons. The van der Waals surface area contributed by atoms with Gasteiger partial charge in [-0.3, -0.25) is 4.79 Å². The Morgan fingerprint density at radius 3 is 2.58 bits per heavy atom. The van der Waals surface area contributed by atoms with Crippen LogP contribution in [0.2, 0.25) is 0 Å². The number of nitrogens with zero attached hydrogens (tertiary/aromatic N) is 1. The van der Waals surface area contributed by atoms with E-state index in [-0.39, 0.29) is 5.91 Å². The summed E-state index contributed by atoms with van der Waals surface area (Å²) in [7, 11) is 1.68. The predicted molar refractivity (Wildman–Crippen MR) is 95.7 cm³/mol. The molecule has 0 aliphatic heterocycles. The molecule has 1 N–H and O–H groups in total. The van der Waals surface area contributed by atoms with Crippen LogP contribution in [0.4, 0.5) is 0 Å². The standard InChI is InChI=1S/C20H22N2O2/c1-15-11-16-7-5-6-10-19(16)22(15)13-20(23)21-12-17-8-3-4-9-18(17)14-24-2/h3-11H,12-14H2,1-2H3,(H,21,23). The Hall–Kier alpha value is -2.59. The van der Waals surface area contributed by atoms with Crippen LogP contribution in [-0.4, -0.2) is 17.6 Å². The van der Waals surface area contributed by atoms with Crippen LogP contribution >= 0.6 is 0 Å². The fourth-order valence-electron chi connectivity index (χ4n) is 2.98. The van der Waals surface area contributed by atoms with Crippen LogP contribution in [0.15, 0.2) is 54.6 Å². The number of aryl methyl sites for hydroxylation is 1. The van der Waals surface area contributed by atoms with Gasteiger partial charge in [-0.2, -0.15) is 0 Å². The lowest BCUT2D eigenvalue weighted by Crippen LogP contribution is -2.27. The van der Waals surface area contributed by atoms with Crippen molar-refractivity contribution in [1.29, 1.82) is 0 Å². The molecule has 4 heteroatoms. The van der Waals surface area contributed by atoms with Crippen molar-refractivity contribution in [3.05, 3.63) is 71.4 Å². The van der Waals surface area contributed by atoms with Crippen molar-refractivity contribution in [2.45, 2.75) is 26.6 Å². The molecule has 1 heterocycles. The average Bonchev–Trinajstić information content (AvgIpc) is 2.90. The van der Waals surface area contributed by atoms with E-state index >= 15 is 0 Å². The van der Waals surface area contributed by atoms with Crippen LogP contribution in [0.3, 0.4) is 0 Å². The van der Waals surface area contributed by atoms with Crippen molar-refractivity contribution >= 4 is 16.8 Å². The fourth-order valence-corrected chi connectivity index (χ4v) is 2.98. The molecule has 0 unspecified atom stereocenters. The lowest BCUT2D eigenvalue weighted by atomic mass is 10.1. The third-order valence-electron chi connectivity index (χ3n) is 4.21. The summed E-state index contributed by atoms with van der Waals surface area (Å²) in [4.78, 5) is 12.4. The van der Waals surface area contributed by atoms with Crippen molar-refractivity contribution < 1.29 is 9.53 Å². The van der Waals surface area contributed by atoms with E-state index in [0.29, 0.717) is 19.7 Å². The average molecular weight is 322 g/mol. The van der Waals surface area contributed by atoms with Crippen molar-refractivity contribution in [2.24, 2.45) is 0 Å². The first-order valence-corrected chi connectivity index (χ1v) is 8.06. The molecule has 3 aromatic rings. The van der Waals surface area contributed by atoms with E-state index in [4.69, 9.17) is 4.74 Å². The number of amides is 1. The number of fused-ring (bicyclic) bond motifs is 1. The Balaban J connectivity index is 1.69. The lowest BCUT2D eigenvalue weighted by molar-refractivity contribution is -0.121. The number of methoxy groups -OCH3 is 1. The topological polar surface area (TPSA) is 43.3 Å². The predicted octanol–water partition coefficient (Wildman–Crippen LogP) is 3.41. The molecule has 24 heavy (non-hydrogen) atoms. The van der Waals surface area contributed by atoms with Gasteiger partial charge in [-0.25, -0.2) is 0 Å². The van der Waals surface area contributed by atoms with Crippen molar-refractivity contribution in [1.82, 2.24) is 9.88 Å². The van der Waals surface area contributed by atoms with E-state index < -0.39 is 0 Å². The van der Waals surface area contributed by atoms with E-state index in [1.54, 1.807) is 7.11 Å². The first-order valence-electron chi connectivity index (χ1n) is 8.06. The highest BCUT2D eigenvalue weighted by atomic mass is 16.5. The quantitative estimate of drug-likeness (QED) is 0.756. The van der Waals surface area contributed by atoms with Gasteiger partial charge in [0, 0.05) is 24.9 Å². The molecule has 0 fully saturated rings. The minimum Gasteiger partial charge on any atom is -0.380 e. The van der Waals surface area contributed by atoms with E-state index in [1.807, 2.05) is 54.0 Å². The van der Waals surface area contributed by atoms with Crippen LogP contribution in [0.1, 0.15) is 16.8 Å². The fraction of sp³-hybridized carbons (Fsp3) is 0.250. The van der Waals surface area contributed by atoms with Gasteiger partial charge in [0.2, 0.25) is 5.91 Å². The lowest BCUT2D eigenvalue weighted by Gasteiger charge is -2.12. The Bertz CT molecular complexity index is 852. The molecule has 2 aromatic carbocycles. The Kier molecular flexibility index (Phi) is 4.96. The third-order valence-corrected chi connectivity index (χ3v) is 4.21. The van der Waals surface area contributed by atoms with Gasteiger partial charge in [0.1, 0.15) is 6.54 Å². The van der Waals surface area contributed by atoms with Gasteiger partial charge in [-0.05, 0) is 35.6 Å². The van der Waals surface area contributed by atoms with Gasteiger partial charge in [0.25, 0.3) is 0 Å². The number of ether oxygens (including phenoxy) is 1. The molecule has 0 bridgehead atoms. The summed E-state index contributed by atoms with van der Waals surface area (Å²) in [5, 5.41) is 4.17. The number of aromatic nitrogens is 1. The number of para-hydroxylation sites is 1.